The van der Waals surface area contributed by atoms with E-state index in [2.05, 4.69) is 13.8 Å². The van der Waals surface area contributed by atoms with Crippen molar-refractivity contribution in [3.8, 4) is 23.0 Å². The number of rotatable bonds is 17. The van der Waals surface area contributed by atoms with Crippen LogP contribution in [0.15, 0.2) is 36.4 Å². The van der Waals surface area contributed by atoms with Crippen molar-refractivity contribution < 1.29 is 38.0 Å². The summed E-state index contributed by atoms with van der Waals surface area (Å²) in [5, 5.41) is 0. The van der Waals surface area contributed by atoms with E-state index in [1.807, 2.05) is 36.4 Å². The Morgan fingerprint density at radius 1 is 0.632 bits per heavy atom. The first kappa shape index (κ1) is 30.8. The minimum atomic E-state index is -0.782. The van der Waals surface area contributed by atoms with Crippen LogP contribution >= 0.6 is 0 Å². The summed E-state index contributed by atoms with van der Waals surface area (Å²) in [4.78, 5) is 25.9. The molecule has 0 saturated carbocycles. The molecule has 8 heteroatoms. The van der Waals surface area contributed by atoms with Gasteiger partial charge in [0.25, 0.3) is 0 Å². The highest BCUT2D eigenvalue weighted by Crippen LogP contribution is 2.33. The van der Waals surface area contributed by atoms with E-state index in [0.717, 1.165) is 36.8 Å². The second-order valence-corrected chi connectivity index (χ2v) is 9.04. The molecule has 210 valence electrons. The van der Waals surface area contributed by atoms with Gasteiger partial charge in [-0.25, -0.2) is 0 Å². The maximum Gasteiger partial charge on any atom is 0.309 e. The lowest BCUT2D eigenvalue weighted by molar-refractivity contribution is -0.157. The van der Waals surface area contributed by atoms with Gasteiger partial charge < -0.3 is 28.4 Å². The topological polar surface area (TPSA) is 89.5 Å². The van der Waals surface area contributed by atoms with Gasteiger partial charge in [-0.3, -0.25) is 9.59 Å². The molecule has 0 heterocycles. The molecule has 2 atom stereocenters. The van der Waals surface area contributed by atoms with Gasteiger partial charge >= 0.3 is 11.9 Å². The first-order valence-electron chi connectivity index (χ1n) is 13.2. The van der Waals surface area contributed by atoms with E-state index >= 15 is 0 Å². The molecule has 8 nitrogen and oxygen atoms in total. The number of ether oxygens (including phenoxy) is 6. The highest BCUT2D eigenvalue weighted by Gasteiger charge is 2.36. The molecule has 0 aliphatic heterocycles. The zero-order valence-electron chi connectivity index (χ0n) is 23.5. The number of unbranched alkanes of at least 4 members (excludes halogenated alkanes) is 2. The van der Waals surface area contributed by atoms with Crippen LogP contribution in [0, 0.1) is 11.8 Å². The third kappa shape index (κ3) is 8.85. The molecule has 38 heavy (non-hydrogen) atoms. The Kier molecular flexibility index (Phi) is 13.3. The smallest absolute Gasteiger partial charge is 0.309 e. The summed E-state index contributed by atoms with van der Waals surface area (Å²) in [6.45, 7) is 5.38. The van der Waals surface area contributed by atoms with Crippen molar-refractivity contribution in [2.75, 3.05) is 41.7 Å². The zero-order valence-corrected chi connectivity index (χ0v) is 23.5. The van der Waals surface area contributed by atoms with Crippen LogP contribution in [0.25, 0.3) is 0 Å². The largest absolute Gasteiger partial charge is 0.493 e. The van der Waals surface area contributed by atoms with Crippen LogP contribution in [-0.2, 0) is 31.9 Å². The molecule has 0 unspecified atom stereocenters. The summed E-state index contributed by atoms with van der Waals surface area (Å²) in [5.41, 5.74) is 1.62. The van der Waals surface area contributed by atoms with E-state index in [9.17, 15) is 9.59 Å². The van der Waals surface area contributed by atoms with E-state index in [1.165, 1.54) is 14.2 Å². The number of carbonyl (C=O) groups excluding carboxylic acids is 2. The molecule has 0 bridgehead atoms. The van der Waals surface area contributed by atoms with Crippen LogP contribution in [0.1, 0.15) is 50.7 Å². The molecule has 0 N–H and O–H groups in total. The molecule has 2 aromatic carbocycles. The molecule has 0 saturated heterocycles. The number of esters is 2. The molecular formula is C30H42O8. The lowest BCUT2D eigenvalue weighted by Gasteiger charge is -2.24. The van der Waals surface area contributed by atoms with E-state index < -0.39 is 23.8 Å². The van der Waals surface area contributed by atoms with Crippen molar-refractivity contribution in [1.29, 1.82) is 0 Å². The van der Waals surface area contributed by atoms with Crippen LogP contribution in [0.2, 0.25) is 0 Å². The fourth-order valence-corrected chi connectivity index (χ4v) is 4.16. The zero-order chi connectivity index (χ0) is 27.9. The van der Waals surface area contributed by atoms with Gasteiger partial charge in [0.05, 0.1) is 53.5 Å². The molecule has 0 spiro atoms. The summed E-state index contributed by atoms with van der Waals surface area (Å²) in [6.07, 6.45) is 4.44. The monoisotopic (exact) mass is 530 g/mol. The van der Waals surface area contributed by atoms with E-state index in [-0.39, 0.29) is 12.8 Å². The van der Waals surface area contributed by atoms with Crippen molar-refractivity contribution in [2.45, 2.75) is 52.4 Å². The SMILES string of the molecule is CCCCOc1ccc(C[C@@H](C(=O)OC)[C@@H](Cc2ccc(OCCCC)c(OC)c2)C(=O)OC)cc1OC. The number of hydrogen-bond donors (Lipinski definition) is 0. The Morgan fingerprint density at radius 3 is 1.34 bits per heavy atom. The summed E-state index contributed by atoms with van der Waals surface area (Å²) in [7, 11) is 5.79. The molecule has 0 fully saturated rings. The highest BCUT2D eigenvalue weighted by atomic mass is 16.5. The van der Waals surface area contributed by atoms with Crippen LogP contribution < -0.4 is 18.9 Å². The lowest BCUT2D eigenvalue weighted by atomic mass is 9.82. The third-order valence-corrected chi connectivity index (χ3v) is 6.37. The molecular weight excluding hydrogens is 488 g/mol. The molecule has 0 aliphatic rings. The number of hydrogen-bond acceptors (Lipinski definition) is 8. The quantitative estimate of drug-likeness (QED) is 0.198. The second kappa shape index (κ2) is 16.4. The van der Waals surface area contributed by atoms with E-state index in [1.54, 1.807) is 14.2 Å². The Balaban J connectivity index is 2.33. The van der Waals surface area contributed by atoms with Gasteiger partial charge in [0.15, 0.2) is 23.0 Å². The van der Waals surface area contributed by atoms with Crippen molar-refractivity contribution in [2.24, 2.45) is 11.8 Å². The van der Waals surface area contributed by atoms with Crippen LogP contribution in [-0.4, -0.2) is 53.6 Å². The van der Waals surface area contributed by atoms with Gasteiger partial charge in [0.1, 0.15) is 0 Å². The average molecular weight is 531 g/mol. The van der Waals surface area contributed by atoms with Crippen molar-refractivity contribution in [3.63, 3.8) is 0 Å². The Hall–Kier alpha value is -3.42. The summed E-state index contributed by atoms with van der Waals surface area (Å²) < 4.78 is 32.9. The first-order valence-corrected chi connectivity index (χ1v) is 13.2. The van der Waals surface area contributed by atoms with Crippen LogP contribution in [0.4, 0.5) is 0 Å². The predicted molar refractivity (Wildman–Crippen MR) is 145 cm³/mol. The Bertz CT molecular complexity index is 938. The fraction of sp³-hybridized carbons (Fsp3) is 0.533. The highest BCUT2D eigenvalue weighted by molar-refractivity contribution is 5.82. The van der Waals surface area contributed by atoms with Gasteiger partial charge in [-0.1, -0.05) is 38.8 Å². The normalized spacial score (nSPS) is 12.3. The summed E-state index contributed by atoms with van der Waals surface area (Å²) in [6, 6.07) is 11.1. The standard InChI is InChI=1S/C30H42O8/c1-7-9-15-37-25-13-11-21(19-27(25)33-3)17-23(29(31)35-5)24(30(32)36-6)18-22-12-14-26(28(20-22)34-4)38-16-10-8-2/h11-14,19-20,23-24H,7-10,15-18H2,1-6H3/t23-,24-/m1/s1. The molecule has 2 rings (SSSR count). The second-order valence-electron chi connectivity index (χ2n) is 9.04. The van der Waals surface area contributed by atoms with Gasteiger partial charge in [-0.15, -0.1) is 0 Å². The van der Waals surface area contributed by atoms with Crippen LogP contribution in [0.5, 0.6) is 23.0 Å². The van der Waals surface area contributed by atoms with Gasteiger partial charge in [0.2, 0.25) is 0 Å². The van der Waals surface area contributed by atoms with E-state index in [0.29, 0.717) is 36.2 Å². The lowest BCUT2D eigenvalue weighted by Crippen LogP contribution is -2.34. The number of benzene rings is 2. The van der Waals surface area contributed by atoms with Gasteiger partial charge in [-0.05, 0) is 61.1 Å². The molecule has 2 aromatic rings. The maximum absolute atomic E-state index is 13.0. The molecule has 0 aromatic heterocycles. The van der Waals surface area contributed by atoms with Crippen molar-refractivity contribution in [1.82, 2.24) is 0 Å². The molecule has 0 amide bonds. The third-order valence-electron chi connectivity index (χ3n) is 6.37. The Morgan fingerprint density at radius 2 is 1.03 bits per heavy atom. The van der Waals surface area contributed by atoms with Gasteiger partial charge in [0, 0.05) is 0 Å². The molecule has 0 radical (unpaired) electrons. The van der Waals surface area contributed by atoms with Crippen molar-refractivity contribution in [3.05, 3.63) is 47.5 Å². The van der Waals surface area contributed by atoms with Gasteiger partial charge in [-0.2, -0.15) is 0 Å². The van der Waals surface area contributed by atoms with E-state index in [4.69, 9.17) is 28.4 Å². The van der Waals surface area contributed by atoms with Crippen LogP contribution in [0.3, 0.4) is 0 Å². The van der Waals surface area contributed by atoms with Crippen molar-refractivity contribution >= 4 is 11.9 Å². The molecule has 0 aliphatic carbocycles. The minimum absolute atomic E-state index is 0.257. The number of methoxy groups -OCH3 is 4. The predicted octanol–water partition coefficient (Wildman–Crippen LogP) is 5.43. The fourth-order valence-electron chi connectivity index (χ4n) is 4.16. The first-order chi connectivity index (χ1) is 18.4. The summed E-state index contributed by atoms with van der Waals surface area (Å²) >= 11 is 0. The Labute approximate surface area is 226 Å². The maximum atomic E-state index is 13.0. The number of carbonyl (C=O) groups is 2. The summed E-state index contributed by atoms with van der Waals surface area (Å²) in [5.74, 6) is -0.135. The minimum Gasteiger partial charge on any atom is -0.493 e. The average Bonchev–Trinajstić information content (AvgIpc) is 2.95.